The number of rotatable bonds is 3. The van der Waals surface area contributed by atoms with Crippen molar-refractivity contribution in [1.82, 2.24) is 0 Å². The van der Waals surface area contributed by atoms with Crippen molar-refractivity contribution in [3.05, 3.63) is 0 Å². The summed E-state index contributed by atoms with van der Waals surface area (Å²) in [4.78, 5) is 42.6. The Morgan fingerprint density at radius 1 is 0.800 bits per heavy atom. The molecule has 30 heavy (non-hydrogen) atoms. The number of hydrogen-bond donors (Lipinski definition) is 2. The number of carboxylic acids is 1. The van der Waals surface area contributed by atoms with Crippen molar-refractivity contribution >= 4 is 23.9 Å². The van der Waals surface area contributed by atoms with Crippen LogP contribution in [0, 0.1) is 22.7 Å². The zero-order chi connectivity index (χ0) is 25.0. The first-order valence-corrected chi connectivity index (χ1v) is 10.1. The van der Waals surface area contributed by atoms with Gasteiger partial charge >= 0.3 is 23.9 Å². The Labute approximate surface area is 181 Å². The summed E-state index contributed by atoms with van der Waals surface area (Å²) < 4.78 is 9.39. The predicted octanol–water partition coefficient (Wildman–Crippen LogP) is 3.83. The molecule has 8 nitrogen and oxygen atoms in total. The lowest BCUT2D eigenvalue weighted by molar-refractivity contribution is -0.155. The average Bonchev–Trinajstić information content (AvgIpc) is 2.66. The monoisotopic (exact) mass is 434 g/mol. The maximum atomic E-state index is 11.1. The molecule has 0 radical (unpaired) electrons. The van der Waals surface area contributed by atoms with E-state index >= 15 is 0 Å². The Morgan fingerprint density at radius 2 is 1.07 bits per heavy atom. The van der Waals surface area contributed by atoms with Gasteiger partial charge in [0, 0.05) is 6.10 Å². The normalized spacial score (nSPS) is 16.0. The topological polar surface area (TPSA) is 127 Å². The van der Waals surface area contributed by atoms with E-state index < -0.39 is 28.7 Å². The summed E-state index contributed by atoms with van der Waals surface area (Å²) in [6.45, 7) is 21.0. The lowest BCUT2D eigenvalue weighted by atomic mass is 9.70. The molecule has 2 N–H and O–H groups in total. The Hall–Kier alpha value is -1.96. The molecule has 0 atom stereocenters. The number of carboxylic acid groups (broad SMARTS) is 1. The van der Waals surface area contributed by atoms with Crippen molar-refractivity contribution in [1.29, 1.82) is 0 Å². The van der Waals surface area contributed by atoms with Gasteiger partial charge in [-0.1, -0.05) is 27.7 Å². The number of cyclic esters (lactones) is 2. The number of aliphatic carboxylic acids is 1. The van der Waals surface area contributed by atoms with Crippen LogP contribution in [0.1, 0.15) is 83.1 Å². The lowest BCUT2D eigenvalue weighted by Gasteiger charge is -2.26. The highest BCUT2D eigenvalue weighted by molar-refractivity contribution is 6.00. The summed E-state index contributed by atoms with van der Waals surface area (Å²) >= 11 is 0. The Balaban J connectivity index is -0.000000347. The number of hydrogen-bond acceptors (Lipinski definition) is 7. The van der Waals surface area contributed by atoms with Crippen LogP contribution in [0.25, 0.3) is 0 Å². The molecule has 1 fully saturated rings. The van der Waals surface area contributed by atoms with Gasteiger partial charge < -0.3 is 19.7 Å². The number of aliphatic hydroxyl groups excluding tert-OH is 1. The van der Waals surface area contributed by atoms with Gasteiger partial charge in [-0.05, 0) is 55.4 Å². The number of aliphatic hydroxyl groups is 1. The molecule has 0 aliphatic carbocycles. The molecule has 0 amide bonds. The number of carbonyl (C=O) groups excluding carboxylic acids is 3. The summed E-state index contributed by atoms with van der Waals surface area (Å²) in [5, 5.41) is 16.0. The van der Waals surface area contributed by atoms with Crippen LogP contribution in [0.15, 0.2) is 0 Å². The van der Waals surface area contributed by atoms with E-state index in [2.05, 4.69) is 4.74 Å². The summed E-state index contributed by atoms with van der Waals surface area (Å²) in [6.07, 6.45) is -0.153. The third-order valence-corrected chi connectivity index (χ3v) is 4.09. The number of esters is 3. The summed E-state index contributed by atoms with van der Waals surface area (Å²) in [7, 11) is 0. The molecule has 0 unspecified atom stereocenters. The van der Waals surface area contributed by atoms with Crippen LogP contribution in [0.5, 0.6) is 0 Å². The van der Waals surface area contributed by atoms with E-state index in [4.69, 9.17) is 14.9 Å². The fourth-order valence-corrected chi connectivity index (χ4v) is 1.22. The Bertz CT molecular complexity index is 531. The standard InChI is InChI=1S/C8H12O3.C7H14O2.C4H8O2.C3H8O/c1-7(2)5(9)11-6(10)8(7,3)4;1-5(2)7(8)9-6(3)4;1-3(2)4(5)6;1-3(2)4/h1-4H3;5-6H,1-4H3;3H,1-2H3,(H,5,6);3-4H,1-2H3. The molecule has 0 aromatic heterocycles. The van der Waals surface area contributed by atoms with E-state index in [1.807, 2.05) is 27.7 Å². The van der Waals surface area contributed by atoms with Crippen molar-refractivity contribution in [2.24, 2.45) is 22.7 Å². The van der Waals surface area contributed by atoms with Crippen molar-refractivity contribution in [2.75, 3.05) is 0 Å². The minimum absolute atomic E-state index is 0.00704. The van der Waals surface area contributed by atoms with Crippen molar-refractivity contribution in [3.8, 4) is 0 Å². The molecule has 1 saturated heterocycles. The van der Waals surface area contributed by atoms with Crippen LogP contribution in [-0.4, -0.2) is 46.3 Å². The minimum atomic E-state index is -0.741. The molecule has 1 heterocycles. The second-order valence-corrected chi connectivity index (χ2v) is 9.15. The van der Waals surface area contributed by atoms with E-state index in [9.17, 15) is 19.2 Å². The highest BCUT2D eigenvalue weighted by Gasteiger charge is 2.57. The molecule has 0 aromatic carbocycles. The molecule has 0 saturated carbocycles. The van der Waals surface area contributed by atoms with Gasteiger partial charge in [-0.15, -0.1) is 0 Å². The number of ether oxygens (including phenoxy) is 2. The van der Waals surface area contributed by atoms with Gasteiger partial charge in [-0.3, -0.25) is 19.2 Å². The predicted molar refractivity (Wildman–Crippen MR) is 115 cm³/mol. The highest BCUT2D eigenvalue weighted by atomic mass is 16.6. The summed E-state index contributed by atoms with van der Waals surface area (Å²) in [5.41, 5.74) is -1.38. The molecular formula is C22H42O8. The zero-order valence-corrected chi connectivity index (χ0v) is 20.7. The molecule has 1 rings (SSSR count). The molecule has 1 aliphatic heterocycles. The van der Waals surface area contributed by atoms with E-state index in [-0.39, 0.29) is 30.0 Å². The molecule has 1 aliphatic rings. The van der Waals surface area contributed by atoms with Gasteiger partial charge in [-0.25, -0.2) is 0 Å². The van der Waals surface area contributed by atoms with Crippen LogP contribution in [-0.2, 0) is 28.7 Å². The molecular weight excluding hydrogens is 392 g/mol. The second kappa shape index (κ2) is 14.1. The minimum Gasteiger partial charge on any atom is -0.481 e. The first kappa shape index (κ1) is 32.7. The Morgan fingerprint density at radius 3 is 1.13 bits per heavy atom. The third-order valence-electron chi connectivity index (χ3n) is 4.09. The smallest absolute Gasteiger partial charge is 0.320 e. The van der Waals surface area contributed by atoms with E-state index in [1.165, 1.54) is 0 Å². The zero-order valence-electron chi connectivity index (χ0n) is 20.7. The largest absolute Gasteiger partial charge is 0.481 e. The van der Waals surface area contributed by atoms with Crippen molar-refractivity contribution in [3.63, 3.8) is 0 Å². The van der Waals surface area contributed by atoms with Gasteiger partial charge in [0.05, 0.1) is 28.8 Å². The van der Waals surface area contributed by atoms with Crippen LogP contribution >= 0.6 is 0 Å². The highest BCUT2D eigenvalue weighted by Crippen LogP contribution is 2.45. The van der Waals surface area contributed by atoms with E-state index in [1.54, 1.807) is 55.4 Å². The van der Waals surface area contributed by atoms with Crippen LogP contribution < -0.4 is 0 Å². The van der Waals surface area contributed by atoms with Gasteiger partial charge in [0.25, 0.3) is 0 Å². The summed E-state index contributed by atoms with van der Waals surface area (Å²) in [6, 6.07) is 0. The van der Waals surface area contributed by atoms with Crippen molar-refractivity contribution < 1.29 is 38.9 Å². The van der Waals surface area contributed by atoms with Crippen LogP contribution in [0.2, 0.25) is 0 Å². The average molecular weight is 435 g/mol. The quantitative estimate of drug-likeness (QED) is 0.507. The third kappa shape index (κ3) is 13.3. The maximum Gasteiger partial charge on any atom is 0.320 e. The first-order chi connectivity index (χ1) is 13.2. The first-order valence-electron chi connectivity index (χ1n) is 10.1. The SMILES string of the molecule is CC(C)C(=O)O.CC(C)O.CC(C)OC(=O)C(C)C.CC1(C)C(=O)OC(=O)C1(C)C. The second-order valence-electron chi connectivity index (χ2n) is 9.15. The van der Waals surface area contributed by atoms with Gasteiger partial charge in [0.15, 0.2) is 0 Å². The molecule has 0 spiro atoms. The van der Waals surface area contributed by atoms with E-state index in [0.717, 1.165) is 0 Å². The molecule has 8 heteroatoms. The fourth-order valence-electron chi connectivity index (χ4n) is 1.22. The van der Waals surface area contributed by atoms with Crippen LogP contribution in [0.3, 0.4) is 0 Å². The van der Waals surface area contributed by atoms with Crippen molar-refractivity contribution in [2.45, 2.75) is 95.3 Å². The number of carbonyl (C=O) groups is 4. The molecule has 178 valence electrons. The molecule has 0 aromatic rings. The van der Waals surface area contributed by atoms with Gasteiger partial charge in [-0.2, -0.15) is 0 Å². The van der Waals surface area contributed by atoms with Gasteiger partial charge in [0.1, 0.15) is 0 Å². The maximum absolute atomic E-state index is 11.1. The summed E-state index contributed by atoms with van der Waals surface area (Å²) in [5.74, 6) is -1.95. The fraction of sp³-hybridized carbons (Fsp3) is 0.818. The molecule has 0 bridgehead atoms. The Kier molecular flexibility index (Phi) is 15.4. The lowest BCUT2D eigenvalue weighted by Crippen LogP contribution is -2.35. The van der Waals surface area contributed by atoms with E-state index in [0.29, 0.717) is 0 Å². The van der Waals surface area contributed by atoms with Gasteiger partial charge in [0.2, 0.25) is 0 Å². The van der Waals surface area contributed by atoms with Crippen LogP contribution in [0.4, 0.5) is 0 Å².